The molecule has 0 bridgehead atoms. The Morgan fingerprint density at radius 2 is 2.04 bits per heavy atom. The lowest BCUT2D eigenvalue weighted by molar-refractivity contribution is -0.122. The molecule has 130 valence electrons. The van der Waals surface area contributed by atoms with Crippen molar-refractivity contribution in [3.63, 3.8) is 0 Å². The van der Waals surface area contributed by atoms with Gasteiger partial charge in [0.2, 0.25) is 0 Å². The molecular weight excluding hydrogens is 372 g/mol. The van der Waals surface area contributed by atoms with Gasteiger partial charge in [-0.2, -0.15) is 0 Å². The normalized spacial score (nSPS) is 15.9. The predicted molar refractivity (Wildman–Crippen MR) is 101 cm³/mol. The fourth-order valence-corrected chi connectivity index (χ4v) is 3.65. The van der Waals surface area contributed by atoms with Gasteiger partial charge in [0.15, 0.2) is 11.9 Å². The molecule has 1 amide bonds. The van der Waals surface area contributed by atoms with E-state index in [2.05, 4.69) is 10.3 Å². The third-order valence-electron chi connectivity index (χ3n) is 4.03. The van der Waals surface area contributed by atoms with Crippen molar-refractivity contribution in [3.05, 3.63) is 64.6 Å². The van der Waals surface area contributed by atoms with Crippen LogP contribution in [0.5, 0.6) is 5.75 Å². The van der Waals surface area contributed by atoms with E-state index in [0.29, 0.717) is 27.0 Å². The van der Waals surface area contributed by atoms with Crippen LogP contribution in [0.2, 0.25) is 5.02 Å². The Labute approximate surface area is 158 Å². The number of halogens is 1. The number of thiazole rings is 1. The van der Waals surface area contributed by atoms with Crippen molar-refractivity contribution in [3.8, 4) is 17.0 Å². The summed E-state index contributed by atoms with van der Waals surface area (Å²) in [5.41, 5.74) is 3.68. The third kappa shape index (κ3) is 3.21. The fraction of sp³-hybridized carbons (Fsp3) is 0.105. The quantitative estimate of drug-likeness (QED) is 0.725. The van der Waals surface area contributed by atoms with Crippen molar-refractivity contribution in [2.45, 2.75) is 12.5 Å². The number of carbonyl (C=O) groups is 2. The Bertz CT molecular complexity index is 987. The summed E-state index contributed by atoms with van der Waals surface area (Å²) in [5.74, 6) is -0.166. The molecule has 7 heteroatoms. The van der Waals surface area contributed by atoms with Crippen molar-refractivity contribution < 1.29 is 14.3 Å². The van der Waals surface area contributed by atoms with Crippen LogP contribution in [0.1, 0.15) is 16.8 Å². The zero-order valence-corrected chi connectivity index (χ0v) is 15.0. The summed E-state index contributed by atoms with van der Waals surface area (Å²) in [7, 11) is 0. The molecule has 0 saturated carbocycles. The van der Waals surface area contributed by atoms with Crippen molar-refractivity contribution >= 4 is 39.6 Å². The van der Waals surface area contributed by atoms with Crippen molar-refractivity contribution in [2.75, 3.05) is 5.32 Å². The minimum absolute atomic E-state index is 0.0291. The highest BCUT2D eigenvalue weighted by atomic mass is 35.5. The van der Waals surface area contributed by atoms with Gasteiger partial charge in [-0.15, -0.1) is 11.3 Å². The third-order valence-corrected chi connectivity index (χ3v) is 5.00. The largest absolute Gasteiger partial charge is 0.479 e. The molecule has 0 fully saturated rings. The van der Waals surface area contributed by atoms with Crippen molar-refractivity contribution in [1.29, 1.82) is 0 Å². The molecule has 1 aliphatic rings. The van der Waals surface area contributed by atoms with E-state index in [1.807, 2.05) is 30.3 Å². The zero-order chi connectivity index (χ0) is 18.1. The number of anilines is 1. The molecule has 1 aliphatic heterocycles. The van der Waals surface area contributed by atoms with Crippen LogP contribution >= 0.6 is 22.9 Å². The van der Waals surface area contributed by atoms with Gasteiger partial charge in [-0.05, 0) is 18.2 Å². The molecule has 0 spiro atoms. The first-order valence-electron chi connectivity index (χ1n) is 7.91. The fourth-order valence-electron chi connectivity index (χ4n) is 2.77. The van der Waals surface area contributed by atoms with Crippen LogP contribution in [0.3, 0.4) is 0 Å². The molecule has 0 radical (unpaired) electrons. The number of amides is 1. The number of benzene rings is 2. The highest BCUT2D eigenvalue weighted by Gasteiger charge is 2.32. The number of nitrogens with zero attached hydrogens (tertiary/aromatic N) is 1. The van der Waals surface area contributed by atoms with Gasteiger partial charge in [0, 0.05) is 10.6 Å². The number of Topliss-reactive ketones (excluding diaryl/α,β-unsaturated/α-hetero) is 1. The molecule has 5 nitrogen and oxygen atoms in total. The van der Waals surface area contributed by atoms with Gasteiger partial charge in [-0.25, -0.2) is 4.98 Å². The number of hydrogen-bond donors (Lipinski definition) is 1. The molecule has 0 aliphatic carbocycles. The zero-order valence-electron chi connectivity index (χ0n) is 13.4. The van der Waals surface area contributed by atoms with E-state index in [4.69, 9.17) is 16.3 Å². The topological polar surface area (TPSA) is 68.3 Å². The second-order valence-electron chi connectivity index (χ2n) is 5.76. The summed E-state index contributed by atoms with van der Waals surface area (Å²) in [6.45, 7) is 0. The Balaban J connectivity index is 1.54. The monoisotopic (exact) mass is 384 g/mol. The molecule has 3 aromatic rings. The number of carbonyl (C=O) groups excluding carboxylic acids is 2. The van der Waals surface area contributed by atoms with Gasteiger partial charge in [0.25, 0.3) is 5.91 Å². The Hall–Kier alpha value is -2.70. The summed E-state index contributed by atoms with van der Waals surface area (Å²) in [6, 6.07) is 14.4. The highest BCUT2D eigenvalue weighted by Crippen LogP contribution is 2.33. The highest BCUT2D eigenvalue weighted by molar-refractivity contribution is 7.14. The molecule has 26 heavy (non-hydrogen) atoms. The average Bonchev–Trinajstić information content (AvgIpc) is 3.11. The van der Waals surface area contributed by atoms with Crippen LogP contribution in [0, 0.1) is 0 Å². The van der Waals surface area contributed by atoms with Crippen molar-refractivity contribution in [2.24, 2.45) is 0 Å². The van der Waals surface area contributed by atoms with E-state index < -0.39 is 6.10 Å². The lowest BCUT2D eigenvalue weighted by Crippen LogP contribution is -2.38. The summed E-state index contributed by atoms with van der Waals surface area (Å²) in [4.78, 5) is 29.3. The van der Waals surface area contributed by atoms with Gasteiger partial charge in [0.1, 0.15) is 16.4 Å². The van der Waals surface area contributed by atoms with Crippen LogP contribution in [0.4, 0.5) is 5.00 Å². The summed E-state index contributed by atoms with van der Waals surface area (Å²) < 4.78 is 5.71. The maximum atomic E-state index is 12.6. The van der Waals surface area contributed by atoms with E-state index in [-0.39, 0.29) is 18.1 Å². The maximum Gasteiger partial charge on any atom is 0.266 e. The summed E-state index contributed by atoms with van der Waals surface area (Å²) in [6.07, 6.45) is -0.916. The lowest BCUT2D eigenvalue weighted by Gasteiger charge is -2.24. The predicted octanol–water partition coefficient (Wildman–Crippen LogP) is 4.44. The van der Waals surface area contributed by atoms with E-state index in [1.54, 1.807) is 23.7 Å². The summed E-state index contributed by atoms with van der Waals surface area (Å²) in [5, 5.41) is 3.92. The molecule has 2 heterocycles. The van der Waals surface area contributed by atoms with Crippen LogP contribution in [-0.4, -0.2) is 22.8 Å². The minimum Gasteiger partial charge on any atom is -0.479 e. The number of aromatic nitrogens is 1. The van der Waals surface area contributed by atoms with Crippen LogP contribution in [0.15, 0.2) is 54.0 Å². The molecule has 1 unspecified atom stereocenters. The standard InChI is InChI=1S/C19H13ClN2O3S/c20-12-6-7-15-13(8-12)14(23)9-16(25-15)18(24)22-19-17(21-10-26-19)11-4-2-1-3-5-11/h1-8,10,16H,9H2,(H,22,24). The molecule has 1 atom stereocenters. The summed E-state index contributed by atoms with van der Waals surface area (Å²) >= 11 is 7.24. The molecule has 1 aromatic heterocycles. The van der Waals surface area contributed by atoms with Gasteiger partial charge in [-0.1, -0.05) is 41.9 Å². The first-order chi connectivity index (χ1) is 12.6. The van der Waals surface area contributed by atoms with Gasteiger partial charge in [-0.3, -0.25) is 9.59 Å². The first kappa shape index (κ1) is 16.8. The SMILES string of the molecule is O=C1CC(C(=O)Nc2scnc2-c2ccccc2)Oc2ccc(Cl)cc21. The van der Waals surface area contributed by atoms with Gasteiger partial charge < -0.3 is 10.1 Å². The van der Waals surface area contributed by atoms with Crippen LogP contribution in [-0.2, 0) is 4.79 Å². The molecular formula is C19H13ClN2O3S. The second kappa shape index (κ2) is 6.90. The number of fused-ring (bicyclic) bond motifs is 1. The molecule has 0 saturated heterocycles. The Morgan fingerprint density at radius 3 is 2.85 bits per heavy atom. The van der Waals surface area contributed by atoms with Gasteiger partial charge >= 0.3 is 0 Å². The van der Waals surface area contributed by atoms with E-state index in [1.165, 1.54) is 11.3 Å². The smallest absolute Gasteiger partial charge is 0.266 e. The maximum absolute atomic E-state index is 12.6. The second-order valence-corrected chi connectivity index (χ2v) is 7.05. The number of ether oxygens (including phenoxy) is 1. The number of ketones is 1. The van der Waals surface area contributed by atoms with Crippen molar-refractivity contribution in [1.82, 2.24) is 4.98 Å². The van der Waals surface area contributed by atoms with Crippen LogP contribution in [0.25, 0.3) is 11.3 Å². The molecule has 2 aromatic carbocycles. The van der Waals surface area contributed by atoms with Gasteiger partial charge in [0.05, 0.1) is 17.5 Å². The Kier molecular flexibility index (Phi) is 4.44. The number of rotatable bonds is 3. The van der Waals surface area contributed by atoms with Crippen LogP contribution < -0.4 is 10.1 Å². The molecule has 1 N–H and O–H groups in total. The number of hydrogen-bond acceptors (Lipinski definition) is 5. The first-order valence-corrected chi connectivity index (χ1v) is 9.17. The number of nitrogens with one attached hydrogen (secondary N) is 1. The van der Waals surface area contributed by atoms with E-state index in [0.717, 1.165) is 5.56 Å². The molecule has 4 rings (SSSR count). The van der Waals surface area contributed by atoms with E-state index >= 15 is 0 Å². The Morgan fingerprint density at radius 1 is 1.23 bits per heavy atom. The minimum atomic E-state index is -0.887. The lowest BCUT2D eigenvalue weighted by atomic mass is 10.0. The van der Waals surface area contributed by atoms with E-state index in [9.17, 15) is 9.59 Å². The average molecular weight is 385 g/mol.